The Kier molecular flexibility index (Phi) is 5.68. The summed E-state index contributed by atoms with van der Waals surface area (Å²) in [6, 6.07) is 3.75. The van der Waals surface area contributed by atoms with E-state index in [0.29, 0.717) is 32.5 Å². The second-order valence-electron chi connectivity index (χ2n) is 5.09. The lowest BCUT2D eigenvalue weighted by Gasteiger charge is -2.34. The molecule has 21 heavy (non-hydrogen) atoms. The van der Waals surface area contributed by atoms with Crippen molar-refractivity contribution in [3.05, 3.63) is 30.1 Å². The third kappa shape index (κ3) is 4.82. The predicted molar refractivity (Wildman–Crippen MR) is 77.6 cm³/mol. The number of nitrogens with zero attached hydrogens (tertiary/aromatic N) is 3. The molecule has 1 fully saturated rings. The molecule has 0 spiro atoms. The Hall–Kier alpha value is -1.95. The minimum atomic E-state index is -0.190. The van der Waals surface area contributed by atoms with E-state index in [2.05, 4.69) is 14.6 Å². The van der Waals surface area contributed by atoms with Gasteiger partial charge in [-0.3, -0.25) is 19.5 Å². The highest BCUT2D eigenvalue weighted by Crippen LogP contribution is 2.06. The van der Waals surface area contributed by atoms with Gasteiger partial charge in [0, 0.05) is 45.1 Å². The van der Waals surface area contributed by atoms with Crippen molar-refractivity contribution in [1.82, 2.24) is 14.8 Å². The minimum absolute atomic E-state index is 0.135. The van der Waals surface area contributed by atoms with E-state index in [1.165, 1.54) is 7.11 Å². The van der Waals surface area contributed by atoms with Crippen LogP contribution in [-0.4, -0.2) is 66.5 Å². The summed E-state index contributed by atoms with van der Waals surface area (Å²) in [5.41, 5.74) is 0.940. The largest absolute Gasteiger partial charge is 0.469 e. The Balaban J connectivity index is 1.73. The Bertz CT molecular complexity index is 470. The topological polar surface area (TPSA) is 62.7 Å². The van der Waals surface area contributed by atoms with Crippen molar-refractivity contribution >= 4 is 11.9 Å². The predicted octanol–water partition coefficient (Wildman–Crippen LogP) is 0.331. The Morgan fingerprint density at radius 2 is 2.05 bits per heavy atom. The lowest BCUT2D eigenvalue weighted by molar-refractivity contribution is -0.141. The summed E-state index contributed by atoms with van der Waals surface area (Å²) in [5, 5.41) is 0. The normalized spacial score (nSPS) is 15.8. The molecule has 0 saturated carbocycles. The molecule has 0 aromatic carbocycles. The molecular formula is C15H21N3O3. The van der Waals surface area contributed by atoms with Crippen molar-refractivity contribution in [3.8, 4) is 0 Å². The van der Waals surface area contributed by atoms with Crippen LogP contribution in [0.5, 0.6) is 0 Å². The highest BCUT2D eigenvalue weighted by Gasteiger charge is 2.21. The van der Waals surface area contributed by atoms with Crippen LogP contribution in [0.1, 0.15) is 12.0 Å². The lowest BCUT2D eigenvalue weighted by Crippen LogP contribution is -2.49. The number of ether oxygens (including phenoxy) is 1. The van der Waals surface area contributed by atoms with Gasteiger partial charge in [-0.2, -0.15) is 0 Å². The summed E-state index contributed by atoms with van der Waals surface area (Å²) in [5.74, 6) is -0.0549. The number of hydrogen-bond acceptors (Lipinski definition) is 5. The van der Waals surface area contributed by atoms with Crippen molar-refractivity contribution in [2.24, 2.45) is 0 Å². The molecule has 2 heterocycles. The molecule has 6 nitrogen and oxygen atoms in total. The molecule has 1 amide bonds. The highest BCUT2D eigenvalue weighted by atomic mass is 16.5. The molecule has 0 bridgehead atoms. The second-order valence-corrected chi connectivity index (χ2v) is 5.09. The van der Waals surface area contributed by atoms with Gasteiger partial charge in [-0.25, -0.2) is 0 Å². The number of esters is 1. The summed E-state index contributed by atoms with van der Waals surface area (Å²) in [7, 11) is 1.40. The molecule has 0 unspecified atom stereocenters. The molecule has 1 saturated heterocycles. The molecule has 1 aromatic heterocycles. The first kappa shape index (κ1) is 15.4. The molecule has 0 aliphatic carbocycles. The van der Waals surface area contributed by atoms with Crippen LogP contribution in [0.15, 0.2) is 24.5 Å². The van der Waals surface area contributed by atoms with E-state index in [1.54, 1.807) is 12.4 Å². The van der Waals surface area contributed by atoms with Gasteiger partial charge in [-0.05, 0) is 11.6 Å². The molecule has 1 aliphatic heterocycles. The first-order chi connectivity index (χ1) is 10.2. The molecule has 0 radical (unpaired) electrons. The maximum Gasteiger partial charge on any atom is 0.306 e. The van der Waals surface area contributed by atoms with Gasteiger partial charge in [0.05, 0.1) is 20.0 Å². The van der Waals surface area contributed by atoms with Crippen LogP contribution in [0.2, 0.25) is 0 Å². The van der Waals surface area contributed by atoms with Gasteiger partial charge in [-0.15, -0.1) is 0 Å². The molecule has 1 aromatic rings. The summed E-state index contributed by atoms with van der Waals surface area (Å²) >= 11 is 0. The first-order valence-corrected chi connectivity index (χ1v) is 7.15. The van der Waals surface area contributed by atoms with Crippen LogP contribution in [-0.2, 0) is 20.7 Å². The Morgan fingerprint density at radius 3 is 2.67 bits per heavy atom. The smallest absolute Gasteiger partial charge is 0.306 e. The van der Waals surface area contributed by atoms with Crippen molar-refractivity contribution in [1.29, 1.82) is 0 Å². The monoisotopic (exact) mass is 291 g/mol. The zero-order valence-corrected chi connectivity index (χ0v) is 12.3. The van der Waals surface area contributed by atoms with Crippen LogP contribution in [0.25, 0.3) is 0 Å². The van der Waals surface area contributed by atoms with Crippen LogP contribution >= 0.6 is 0 Å². The third-order valence-corrected chi connectivity index (χ3v) is 3.66. The molecule has 114 valence electrons. The third-order valence-electron chi connectivity index (χ3n) is 3.66. The van der Waals surface area contributed by atoms with Crippen LogP contribution in [0.4, 0.5) is 0 Å². The van der Waals surface area contributed by atoms with Gasteiger partial charge in [0.1, 0.15) is 0 Å². The van der Waals surface area contributed by atoms with Gasteiger partial charge in [0.25, 0.3) is 0 Å². The molecular weight excluding hydrogens is 270 g/mol. The fourth-order valence-corrected chi connectivity index (χ4v) is 2.36. The number of pyridine rings is 1. The summed E-state index contributed by atoms with van der Waals surface area (Å²) in [6.07, 6.45) is 4.23. The van der Waals surface area contributed by atoms with Crippen molar-refractivity contribution < 1.29 is 14.3 Å². The van der Waals surface area contributed by atoms with E-state index in [1.807, 2.05) is 17.0 Å². The van der Waals surface area contributed by atoms with E-state index in [4.69, 9.17) is 0 Å². The minimum Gasteiger partial charge on any atom is -0.469 e. The fraction of sp³-hybridized carbons (Fsp3) is 0.533. The zero-order chi connectivity index (χ0) is 15.1. The first-order valence-electron chi connectivity index (χ1n) is 7.15. The number of methoxy groups -OCH3 is 1. The molecule has 6 heteroatoms. The fourth-order valence-electron chi connectivity index (χ4n) is 2.36. The van der Waals surface area contributed by atoms with Gasteiger partial charge in [0.2, 0.25) is 5.91 Å². The zero-order valence-electron chi connectivity index (χ0n) is 12.3. The standard InChI is InChI=1S/C15H21N3O3/c1-21-15(20)4-6-17-7-9-18(10-8-17)14(19)11-13-3-2-5-16-12-13/h2-3,5,12H,4,6-11H2,1H3. The number of aromatic nitrogens is 1. The molecule has 0 atom stereocenters. The number of amides is 1. The quantitative estimate of drug-likeness (QED) is 0.732. The Morgan fingerprint density at radius 1 is 1.29 bits per heavy atom. The molecule has 0 N–H and O–H groups in total. The van der Waals surface area contributed by atoms with E-state index >= 15 is 0 Å². The SMILES string of the molecule is COC(=O)CCN1CCN(C(=O)Cc2cccnc2)CC1. The van der Waals surface area contributed by atoms with Crippen LogP contribution in [0, 0.1) is 0 Å². The summed E-state index contributed by atoms with van der Waals surface area (Å²) in [4.78, 5) is 31.4. The van der Waals surface area contributed by atoms with Crippen molar-refractivity contribution in [2.45, 2.75) is 12.8 Å². The summed E-state index contributed by atoms with van der Waals surface area (Å²) in [6.45, 7) is 3.71. The van der Waals surface area contributed by atoms with E-state index < -0.39 is 0 Å². The van der Waals surface area contributed by atoms with Gasteiger partial charge >= 0.3 is 5.97 Å². The highest BCUT2D eigenvalue weighted by molar-refractivity contribution is 5.78. The van der Waals surface area contributed by atoms with Crippen molar-refractivity contribution in [2.75, 3.05) is 39.8 Å². The average molecular weight is 291 g/mol. The van der Waals surface area contributed by atoms with Gasteiger partial charge in [-0.1, -0.05) is 6.07 Å². The van der Waals surface area contributed by atoms with Gasteiger partial charge in [0.15, 0.2) is 0 Å². The maximum absolute atomic E-state index is 12.2. The van der Waals surface area contributed by atoms with E-state index in [0.717, 1.165) is 18.7 Å². The number of piperazine rings is 1. The number of hydrogen-bond donors (Lipinski definition) is 0. The second kappa shape index (κ2) is 7.73. The molecule has 2 rings (SSSR count). The lowest BCUT2D eigenvalue weighted by atomic mass is 10.2. The molecule has 1 aliphatic rings. The van der Waals surface area contributed by atoms with E-state index in [9.17, 15) is 9.59 Å². The average Bonchev–Trinajstić information content (AvgIpc) is 2.54. The number of rotatable bonds is 5. The van der Waals surface area contributed by atoms with Crippen LogP contribution in [0.3, 0.4) is 0 Å². The van der Waals surface area contributed by atoms with Crippen LogP contribution < -0.4 is 0 Å². The Labute approximate surface area is 124 Å². The van der Waals surface area contributed by atoms with Crippen molar-refractivity contribution in [3.63, 3.8) is 0 Å². The maximum atomic E-state index is 12.2. The summed E-state index contributed by atoms with van der Waals surface area (Å²) < 4.78 is 4.63. The van der Waals surface area contributed by atoms with E-state index in [-0.39, 0.29) is 11.9 Å². The number of carbonyl (C=O) groups is 2. The number of carbonyl (C=O) groups excluding carboxylic acids is 2. The van der Waals surface area contributed by atoms with Gasteiger partial charge < -0.3 is 9.64 Å².